The highest BCUT2D eigenvalue weighted by Gasteiger charge is 2.13. The number of aromatic nitrogens is 2. The largest absolute Gasteiger partial charge is 0.462 e. The number of nitrogens with zero attached hydrogens (tertiary/aromatic N) is 3. The van der Waals surface area contributed by atoms with Crippen molar-refractivity contribution in [1.82, 2.24) is 14.9 Å². The van der Waals surface area contributed by atoms with Crippen molar-refractivity contribution in [2.24, 2.45) is 0 Å². The van der Waals surface area contributed by atoms with Gasteiger partial charge >= 0.3 is 6.01 Å². The normalized spacial score (nSPS) is 15.6. The second-order valence-corrected chi connectivity index (χ2v) is 5.32. The minimum absolute atomic E-state index is 0.459. The molecule has 5 heteroatoms. The van der Waals surface area contributed by atoms with E-state index in [1.807, 2.05) is 18.2 Å². The van der Waals surface area contributed by atoms with Crippen molar-refractivity contribution < 1.29 is 4.74 Å². The Hall–Kier alpha value is -1.20. The minimum atomic E-state index is 0.459. The summed E-state index contributed by atoms with van der Waals surface area (Å²) in [5, 5.41) is 1.02. The summed E-state index contributed by atoms with van der Waals surface area (Å²) in [6.07, 6.45) is 3.11. The number of benzene rings is 1. The predicted molar refractivity (Wildman–Crippen MR) is 73.8 cm³/mol. The first-order chi connectivity index (χ1) is 8.81. The molecule has 4 nitrogen and oxygen atoms in total. The molecule has 1 aliphatic heterocycles. The number of rotatable bonds is 4. The Balaban J connectivity index is 1.67. The standard InChI is InChI=1S/C13H14BrN3O/c14-11-3-2-10-9-15-13(16-12(10)8-11)18-7-6-17-4-1-5-17/h2-3,8-9H,1,4-7H2. The number of ether oxygens (including phenoxy) is 1. The van der Waals surface area contributed by atoms with E-state index in [4.69, 9.17) is 4.74 Å². The van der Waals surface area contributed by atoms with Crippen molar-refractivity contribution in [2.45, 2.75) is 6.42 Å². The molecule has 1 aromatic heterocycles. The maximum Gasteiger partial charge on any atom is 0.316 e. The Bertz CT molecular complexity index is 557. The molecule has 0 bridgehead atoms. The van der Waals surface area contributed by atoms with E-state index in [0.717, 1.165) is 21.9 Å². The third-order valence-electron chi connectivity index (χ3n) is 3.11. The Kier molecular flexibility index (Phi) is 3.43. The molecule has 0 amide bonds. The highest BCUT2D eigenvalue weighted by atomic mass is 79.9. The zero-order valence-corrected chi connectivity index (χ0v) is 11.6. The molecule has 0 saturated carbocycles. The van der Waals surface area contributed by atoms with Crippen LogP contribution >= 0.6 is 15.9 Å². The smallest absolute Gasteiger partial charge is 0.316 e. The van der Waals surface area contributed by atoms with E-state index in [9.17, 15) is 0 Å². The van der Waals surface area contributed by atoms with E-state index < -0.39 is 0 Å². The zero-order valence-electron chi connectivity index (χ0n) is 9.97. The van der Waals surface area contributed by atoms with Crippen LogP contribution in [0.1, 0.15) is 6.42 Å². The van der Waals surface area contributed by atoms with E-state index >= 15 is 0 Å². The van der Waals surface area contributed by atoms with Crippen LogP contribution < -0.4 is 4.74 Å². The van der Waals surface area contributed by atoms with Crippen LogP contribution in [0.2, 0.25) is 0 Å². The monoisotopic (exact) mass is 307 g/mol. The Morgan fingerprint density at radius 3 is 3.00 bits per heavy atom. The molecule has 18 heavy (non-hydrogen) atoms. The van der Waals surface area contributed by atoms with E-state index in [1.54, 1.807) is 6.20 Å². The fourth-order valence-electron chi connectivity index (χ4n) is 1.92. The summed E-state index contributed by atoms with van der Waals surface area (Å²) in [6, 6.07) is 6.40. The van der Waals surface area contributed by atoms with E-state index in [1.165, 1.54) is 19.5 Å². The summed E-state index contributed by atoms with van der Waals surface area (Å²) >= 11 is 3.44. The molecule has 1 aromatic carbocycles. The lowest BCUT2D eigenvalue weighted by atomic mass is 10.2. The lowest BCUT2D eigenvalue weighted by Crippen LogP contribution is -2.39. The van der Waals surface area contributed by atoms with Crippen molar-refractivity contribution in [3.05, 3.63) is 28.9 Å². The summed E-state index contributed by atoms with van der Waals surface area (Å²) in [6.45, 7) is 3.99. The summed E-state index contributed by atoms with van der Waals surface area (Å²) in [7, 11) is 0. The molecule has 3 rings (SSSR count). The van der Waals surface area contributed by atoms with Crippen molar-refractivity contribution in [3.8, 4) is 6.01 Å². The van der Waals surface area contributed by atoms with Gasteiger partial charge < -0.3 is 4.74 Å². The Morgan fingerprint density at radius 2 is 2.22 bits per heavy atom. The number of likely N-dealkylation sites (tertiary alicyclic amines) is 1. The first-order valence-electron chi connectivity index (χ1n) is 6.09. The quantitative estimate of drug-likeness (QED) is 0.870. The van der Waals surface area contributed by atoms with E-state index in [2.05, 4.69) is 30.8 Å². The molecule has 1 aliphatic rings. The van der Waals surface area contributed by atoms with Crippen molar-refractivity contribution in [1.29, 1.82) is 0 Å². The molecule has 0 spiro atoms. The molecule has 1 saturated heterocycles. The highest BCUT2D eigenvalue weighted by molar-refractivity contribution is 9.10. The van der Waals surface area contributed by atoms with Crippen LogP contribution in [0.3, 0.4) is 0 Å². The van der Waals surface area contributed by atoms with Gasteiger partial charge in [-0.2, -0.15) is 4.98 Å². The molecular formula is C13H14BrN3O. The van der Waals surface area contributed by atoms with Gasteiger partial charge in [0.15, 0.2) is 0 Å². The first kappa shape index (κ1) is 11.9. The predicted octanol–water partition coefficient (Wildman–Crippen LogP) is 2.48. The third-order valence-corrected chi connectivity index (χ3v) is 3.60. The van der Waals surface area contributed by atoms with Gasteiger partial charge in [-0.15, -0.1) is 0 Å². The van der Waals surface area contributed by atoms with Gasteiger partial charge in [0.05, 0.1) is 5.52 Å². The van der Waals surface area contributed by atoms with Crippen LogP contribution in [-0.4, -0.2) is 41.1 Å². The molecule has 94 valence electrons. The summed E-state index contributed by atoms with van der Waals surface area (Å²) in [4.78, 5) is 11.0. The Morgan fingerprint density at radius 1 is 1.33 bits per heavy atom. The van der Waals surface area contributed by atoms with E-state index in [-0.39, 0.29) is 0 Å². The van der Waals surface area contributed by atoms with E-state index in [0.29, 0.717) is 12.6 Å². The molecule has 1 fully saturated rings. The fourth-order valence-corrected chi connectivity index (χ4v) is 2.27. The van der Waals surface area contributed by atoms with Crippen LogP contribution in [-0.2, 0) is 0 Å². The second kappa shape index (κ2) is 5.20. The maximum absolute atomic E-state index is 5.58. The molecule has 0 atom stereocenters. The summed E-state index contributed by atoms with van der Waals surface area (Å²) in [5.74, 6) is 0. The molecule has 2 aromatic rings. The van der Waals surface area contributed by atoms with Gasteiger partial charge in [0.2, 0.25) is 0 Å². The minimum Gasteiger partial charge on any atom is -0.462 e. The lowest BCUT2D eigenvalue weighted by molar-refractivity contribution is 0.143. The van der Waals surface area contributed by atoms with Crippen molar-refractivity contribution >= 4 is 26.8 Å². The molecule has 0 unspecified atom stereocenters. The zero-order chi connectivity index (χ0) is 12.4. The van der Waals surface area contributed by atoms with Crippen LogP contribution in [0.25, 0.3) is 10.9 Å². The van der Waals surface area contributed by atoms with Gasteiger partial charge in [-0.05, 0) is 31.6 Å². The van der Waals surface area contributed by atoms with Gasteiger partial charge in [-0.3, -0.25) is 4.90 Å². The van der Waals surface area contributed by atoms with Gasteiger partial charge in [0.25, 0.3) is 0 Å². The SMILES string of the molecule is Brc1ccc2cnc(OCCN3CCC3)nc2c1. The van der Waals surface area contributed by atoms with Crippen molar-refractivity contribution in [2.75, 3.05) is 26.2 Å². The highest BCUT2D eigenvalue weighted by Crippen LogP contribution is 2.19. The van der Waals surface area contributed by atoms with Gasteiger partial charge in [-0.1, -0.05) is 22.0 Å². The maximum atomic E-state index is 5.58. The second-order valence-electron chi connectivity index (χ2n) is 4.40. The van der Waals surface area contributed by atoms with Gasteiger partial charge in [0, 0.05) is 22.6 Å². The molecule has 0 radical (unpaired) electrons. The summed E-state index contributed by atoms with van der Waals surface area (Å²) < 4.78 is 6.60. The van der Waals surface area contributed by atoms with Crippen LogP contribution in [0.4, 0.5) is 0 Å². The lowest BCUT2D eigenvalue weighted by Gasteiger charge is -2.30. The molecular weight excluding hydrogens is 294 g/mol. The average molecular weight is 308 g/mol. The summed E-state index contributed by atoms with van der Waals surface area (Å²) in [5.41, 5.74) is 0.901. The molecule has 0 aliphatic carbocycles. The third kappa shape index (κ3) is 2.62. The topological polar surface area (TPSA) is 38.2 Å². The van der Waals surface area contributed by atoms with Crippen molar-refractivity contribution in [3.63, 3.8) is 0 Å². The fraction of sp³-hybridized carbons (Fsp3) is 0.385. The number of halogens is 1. The Labute approximate surface area is 114 Å². The van der Waals surface area contributed by atoms with Crippen LogP contribution in [0, 0.1) is 0 Å². The first-order valence-corrected chi connectivity index (χ1v) is 6.88. The molecule has 0 N–H and O–H groups in total. The van der Waals surface area contributed by atoms with Crippen LogP contribution in [0.5, 0.6) is 6.01 Å². The van der Waals surface area contributed by atoms with Gasteiger partial charge in [0.1, 0.15) is 6.61 Å². The molecule has 2 heterocycles. The number of fused-ring (bicyclic) bond motifs is 1. The average Bonchev–Trinajstić information content (AvgIpc) is 2.32. The number of hydrogen-bond donors (Lipinski definition) is 0. The van der Waals surface area contributed by atoms with Crippen LogP contribution in [0.15, 0.2) is 28.9 Å². The number of hydrogen-bond acceptors (Lipinski definition) is 4. The van der Waals surface area contributed by atoms with Gasteiger partial charge in [-0.25, -0.2) is 4.98 Å².